The topological polar surface area (TPSA) is 26.2 Å². The normalized spacial score (nSPS) is 15.0. The van der Waals surface area contributed by atoms with E-state index in [1.807, 2.05) is 0 Å². The fraction of sp³-hybridized carbons (Fsp3) is 0.429. The summed E-state index contributed by atoms with van der Waals surface area (Å²) in [6, 6.07) is 4.27. The molecule has 2 aromatic rings. The van der Waals surface area contributed by atoms with Crippen LogP contribution >= 0.6 is 0 Å². The largest absolute Gasteiger partial charge is 0.497 e. The zero-order valence-electron chi connectivity index (χ0n) is 10.6. The van der Waals surface area contributed by atoms with Crippen molar-refractivity contribution in [2.75, 3.05) is 13.7 Å². The highest BCUT2D eigenvalue weighted by atomic mass is 16.5. The molecule has 0 saturated carbocycles. The summed E-state index contributed by atoms with van der Waals surface area (Å²) in [5, 5.41) is 4.79. The highest BCUT2D eigenvalue weighted by Gasteiger charge is 2.19. The third-order valence-corrected chi connectivity index (χ3v) is 3.76. The molecule has 0 saturated heterocycles. The molecule has 3 nitrogen and oxygen atoms in total. The highest BCUT2D eigenvalue weighted by molar-refractivity contribution is 5.89. The first-order chi connectivity index (χ1) is 8.22. The van der Waals surface area contributed by atoms with Crippen LogP contribution in [0.5, 0.6) is 5.75 Å². The molecular formula is C14H18N2O. The van der Waals surface area contributed by atoms with Gasteiger partial charge in [0.2, 0.25) is 0 Å². The molecule has 0 radical (unpaired) electrons. The van der Waals surface area contributed by atoms with Crippen molar-refractivity contribution in [2.24, 2.45) is 7.05 Å². The molecule has 17 heavy (non-hydrogen) atoms. The van der Waals surface area contributed by atoms with Crippen LogP contribution in [0.25, 0.3) is 10.9 Å². The van der Waals surface area contributed by atoms with Gasteiger partial charge in [0.15, 0.2) is 0 Å². The maximum atomic E-state index is 5.37. The first kappa shape index (κ1) is 10.7. The number of nitrogens with zero attached hydrogens (tertiary/aromatic N) is 1. The van der Waals surface area contributed by atoms with Crippen LogP contribution in [0.2, 0.25) is 0 Å². The Morgan fingerprint density at radius 1 is 1.35 bits per heavy atom. The van der Waals surface area contributed by atoms with Gasteiger partial charge in [-0.3, -0.25) is 0 Å². The van der Waals surface area contributed by atoms with Gasteiger partial charge in [0.1, 0.15) is 5.75 Å². The van der Waals surface area contributed by atoms with Crippen molar-refractivity contribution in [1.29, 1.82) is 0 Å². The Bertz CT molecular complexity index is 584. The summed E-state index contributed by atoms with van der Waals surface area (Å²) >= 11 is 0. The molecule has 0 unspecified atom stereocenters. The van der Waals surface area contributed by atoms with Crippen molar-refractivity contribution in [3.63, 3.8) is 0 Å². The molecule has 1 aliphatic heterocycles. The zero-order valence-corrected chi connectivity index (χ0v) is 10.6. The molecule has 0 fully saturated rings. The van der Waals surface area contributed by atoms with Crippen LogP contribution in [0, 0.1) is 6.92 Å². The van der Waals surface area contributed by atoms with Crippen molar-refractivity contribution in [2.45, 2.75) is 19.9 Å². The number of methoxy groups -OCH3 is 1. The predicted molar refractivity (Wildman–Crippen MR) is 69.6 cm³/mol. The Hall–Kier alpha value is -1.48. The van der Waals surface area contributed by atoms with E-state index in [4.69, 9.17) is 4.74 Å². The second kappa shape index (κ2) is 3.77. The smallest absolute Gasteiger partial charge is 0.119 e. The summed E-state index contributed by atoms with van der Waals surface area (Å²) in [5.74, 6) is 0.953. The van der Waals surface area contributed by atoms with Crippen molar-refractivity contribution >= 4 is 10.9 Å². The number of aromatic nitrogens is 1. The molecule has 0 aliphatic carbocycles. The molecule has 3 heteroatoms. The van der Waals surface area contributed by atoms with Gasteiger partial charge >= 0.3 is 0 Å². The molecule has 0 spiro atoms. The lowest BCUT2D eigenvalue weighted by Crippen LogP contribution is -2.24. The minimum Gasteiger partial charge on any atom is -0.497 e. The lowest BCUT2D eigenvalue weighted by atomic mass is 10.0. The summed E-state index contributed by atoms with van der Waals surface area (Å²) in [5.41, 5.74) is 5.54. The average molecular weight is 230 g/mol. The van der Waals surface area contributed by atoms with Crippen LogP contribution in [0.4, 0.5) is 0 Å². The maximum Gasteiger partial charge on any atom is 0.119 e. The lowest BCUT2D eigenvalue weighted by Gasteiger charge is -2.14. The Kier molecular flexibility index (Phi) is 2.37. The van der Waals surface area contributed by atoms with E-state index >= 15 is 0 Å². The van der Waals surface area contributed by atoms with Crippen LogP contribution in [-0.4, -0.2) is 18.2 Å². The van der Waals surface area contributed by atoms with E-state index in [-0.39, 0.29) is 0 Å². The van der Waals surface area contributed by atoms with Crippen LogP contribution < -0.4 is 10.1 Å². The standard InChI is InChI=1S/C14H18N2O/c1-9-6-10(17-3)7-11-12-8-15-5-4-13(12)16(2)14(9)11/h6-7,15H,4-5,8H2,1-3H3. The van der Waals surface area contributed by atoms with Crippen LogP contribution in [-0.2, 0) is 20.0 Å². The second-order valence-electron chi connectivity index (χ2n) is 4.75. The van der Waals surface area contributed by atoms with E-state index in [0.717, 1.165) is 25.3 Å². The molecule has 2 heterocycles. The van der Waals surface area contributed by atoms with E-state index < -0.39 is 0 Å². The molecule has 90 valence electrons. The highest BCUT2D eigenvalue weighted by Crippen LogP contribution is 2.32. The molecule has 1 aromatic carbocycles. The van der Waals surface area contributed by atoms with Gasteiger partial charge in [-0.05, 0) is 30.2 Å². The summed E-state index contributed by atoms with van der Waals surface area (Å²) in [4.78, 5) is 0. The number of hydrogen-bond acceptors (Lipinski definition) is 2. The molecule has 1 N–H and O–H groups in total. The first-order valence-electron chi connectivity index (χ1n) is 6.08. The molecule has 0 atom stereocenters. The second-order valence-corrected chi connectivity index (χ2v) is 4.75. The molecule has 0 bridgehead atoms. The number of benzene rings is 1. The molecule has 1 aliphatic rings. The Balaban J connectivity index is 2.38. The van der Waals surface area contributed by atoms with Crippen molar-refractivity contribution in [3.05, 3.63) is 29.0 Å². The fourth-order valence-corrected chi connectivity index (χ4v) is 2.97. The lowest BCUT2D eigenvalue weighted by molar-refractivity contribution is 0.415. The number of aryl methyl sites for hydroxylation is 2. The number of rotatable bonds is 1. The van der Waals surface area contributed by atoms with Gasteiger partial charge in [0.25, 0.3) is 0 Å². The van der Waals surface area contributed by atoms with Gasteiger partial charge in [-0.25, -0.2) is 0 Å². The van der Waals surface area contributed by atoms with E-state index in [9.17, 15) is 0 Å². The van der Waals surface area contributed by atoms with Crippen molar-refractivity contribution < 1.29 is 4.74 Å². The van der Waals surface area contributed by atoms with Gasteiger partial charge in [-0.15, -0.1) is 0 Å². The number of ether oxygens (including phenoxy) is 1. The van der Waals surface area contributed by atoms with Gasteiger partial charge in [-0.1, -0.05) is 0 Å². The fourth-order valence-electron chi connectivity index (χ4n) is 2.97. The number of nitrogens with one attached hydrogen (secondary N) is 1. The van der Waals surface area contributed by atoms with Crippen LogP contribution in [0.3, 0.4) is 0 Å². The first-order valence-corrected chi connectivity index (χ1v) is 6.08. The van der Waals surface area contributed by atoms with Crippen LogP contribution in [0.1, 0.15) is 16.8 Å². The molecular weight excluding hydrogens is 212 g/mol. The Labute approximate surface area is 101 Å². The summed E-state index contributed by atoms with van der Waals surface area (Å²) in [7, 11) is 3.90. The minimum atomic E-state index is 0.953. The van der Waals surface area contributed by atoms with Crippen molar-refractivity contribution in [3.8, 4) is 5.75 Å². The van der Waals surface area contributed by atoms with Gasteiger partial charge in [-0.2, -0.15) is 0 Å². The summed E-state index contributed by atoms with van der Waals surface area (Å²) in [6.07, 6.45) is 1.11. The van der Waals surface area contributed by atoms with Crippen molar-refractivity contribution in [1.82, 2.24) is 9.88 Å². The summed E-state index contributed by atoms with van der Waals surface area (Å²) in [6.45, 7) is 4.20. The Morgan fingerprint density at radius 2 is 2.18 bits per heavy atom. The van der Waals surface area contributed by atoms with Gasteiger partial charge < -0.3 is 14.6 Å². The van der Waals surface area contributed by atoms with Crippen LogP contribution in [0.15, 0.2) is 12.1 Å². The Morgan fingerprint density at radius 3 is 2.94 bits per heavy atom. The molecule has 3 rings (SSSR count). The third-order valence-electron chi connectivity index (χ3n) is 3.76. The molecule has 1 aromatic heterocycles. The number of hydrogen-bond donors (Lipinski definition) is 1. The zero-order chi connectivity index (χ0) is 12.0. The summed E-state index contributed by atoms with van der Waals surface area (Å²) < 4.78 is 7.72. The van der Waals surface area contributed by atoms with Gasteiger partial charge in [0, 0.05) is 37.6 Å². The van der Waals surface area contributed by atoms with E-state index in [1.54, 1.807) is 7.11 Å². The van der Waals surface area contributed by atoms with E-state index in [1.165, 1.54) is 27.7 Å². The minimum absolute atomic E-state index is 0.953. The predicted octanol–water partition coefficient (Wildman–Crippen LogP) is 2.14. The quantitative estimate of drug-likeness (QED) is 0.812. The third kappa shape index (κ3) is 1.46. The van der Waals surface area contributed by atoms with Gasteiger partial charge in [0.05, 0.1) is 12.6 Å². The maximum absolute atomic E-state index is 5.37. The molecule has 0 amide bonds. The SMILES string of the molecule is COc1cc(C)c2c(c1)c1c(n2C)CCNC1. The van der Waals surface area contributed by atoms with E-state index in [0.29, 0.717) is 0 Å². The van der Waals surface area contributed by atoms with E-state index in [2.05, 4.69) is 36.0 Å². The monoisotopic (exact) mass is 230 g/mol. The average Bonchev–Trinajstić information content (AvgIpc) is 2.64. The number of fused-ring (bicyclic) bond motifs is 3.